The van der Waals surface area contributed by atoms with Crippen LogP contribution in [0, 0.1) is 11.3 Å². The fourth-order valence-electron chi connectivity index (χ4n) is 4.02. The maximum absolute atomic E-state index is 13.2. The molecule has 2 saturated heterocycles. The standard InChI is InChI=1S/C16H19F3N4O2/c1-9-2-3-23(9)14-20-11(16(17,18)19)4-12(21-14)22-7-15(8-22)5-10(6-15)13(24)25/h4,9-10H,2-3,5-8H2,1H3,(H,24,25)/t9-/m0/s1. The SMILES string of the molecule is C[C@H]1CCN1c1nc(N2CC3(CC(C(=O)O)C3)C2)cc(C(F)(F)F)n1. The molecular formula is C16H19F3N4O2. The van der Waals surface area contributed by atoms with Gasteiger partial charge in [-0.1, -0.05) is 0 Å². The first-order valence-electron chi connectivity index (χ1n) is 8.38. The Morgan fingerprint density at radius 2 is 2.00 bits per heavy atom. The predicted octanol–water partition coefficient (Wildman–Crippen LogP) is 2.40. The summed E-state index contributed by atoms with van der Waals surface area (Å²) in [5.74, 6) is -0.710. The Balaban J connectivity index is 1.54. The van der Waals surface area contributed by atoms with Gasteiger partial charge in [-0.05, 0) is 26.2 Å². The summed E-state index contributed by atoms with van der Waals surface area (Å²) in [7, 11) is 0. The number of halogens is 3. The van der Waals surface area contributed by atoms with Crippen molar-refractivity contribution in [2.24, 2.45) is 11.3 Å². The van der Waals surface area contributed by atoms with Crippen molar-refractivity contribution in [1.29, 1.82) is 0 Å². The highest BCUT2D eigenvalue weighted by molar-refractivity contribution is 5.72. The molecule has 9 heteroatoms. The first-order valence-corrected chi connectivity index (χ1v) is 8.38. The molecule has 136 valence electrons. The van der Waals surface area contributed by atoms with E-state index in [1.807, 2.05) is 6.92 Å². The van der Waals surface area contributed by atoms with Gasteiger partial charge in [0.1, 0.15) is 5.82 Å². The summed E-state index contributed by atoms with van der Waals surface area (Å²) in [6.45, 7) is 3.71. The van der Waals surface area contributed by atoms with Crippen LogP contribution in [0.2, 0.25) is 0 Å². The fraction of sp³-hybridized carbons (Fsp3) is 0.688. The van der Waals surface area contributed by atoms with Crippen LogP contribution in [0.25, 0.3) is 0 Å². The van der Waals surface area contributed by atoms with E-state index in [9.17, 15) is 18.0 Å². The number of nitrogens with zero attached hydrogens (tertiary/aromatic N) is 4. The van der Waals surface area contributed by atoms with Crippen LogP contribution in [-0.2, 0) is 11.0 Å². The molecule has 1 aromatic heterocycles. The number of hydrogen-bond donors (Lipinski definition) is 1. The quantitative estimate of drug-likeness (QED) is 0.897. The van der Waals surface area contributed by atoms with Crippen molar-refractivity contribution < 1.29 is 23.1 Å². The first-order chi connectivity index (χ1) is 11.7. The molecule has 1 aliphatic carbocycles. The third kappa shape index (κ3) is 2.69. The van der Waals surface area contributed by atoms with Gasteiger partial charge >= 0.3 is 12.1 Å². The number of rotatable bonds is 3. The number of carbonyl (C=O) groups is 1. The molecule has 3 aliphatic rings. The molecule has 0 amide bonds. The Morgan fingerprint density at radius 3 is 2.48 bits per heavy atom. The molecule has 1 aromatic rings. The monoisotopic (exact) mass is 356 g/mol. The summed E-state index contributed by atoms with van der Waals surface area (Å²) in [6, 6.07) is 1.13. The highest BCUT2D eigenvalue weighted by Crippen LogP contribution is 2.53. The Hall–Kier alpha value is -2.06. The number of aliphatic carboxylic acids is 1. The minimum Gasteiger partial charge on any atom is -0.481 e. The second-order valence-corrected chi connectivity index (χ2v) is 7.54. The van der Waals surface area contributed by atoms with Crippen LogP contribution < -0.4 is 9.80 Å². The van der Waals surface area contributed by atoms with Gasteiger partial charge in [0.15, 0.2) is 5.69 Å². The van der Waals surface area contributed by atoms with Crippen LogP contribution in [0.3, 0.4) is 0 Å². The van der Waals surface area contributed by atoms with Crippen molar-refractivity contribution in [3.05, 3.63) is 11.8 Å². The van der Waals surface area contributed by atoms with Crippen molar-refractivity contribution in [3.8, 4) is 0 Å². The first kappa shape index (κ1) is 16.4. The number of alkyl halides is 3. The topological polar surface area (TPSA) is 69.6 Å². The van der Waals surface area contributed by atoms with E-state index in [-0.39, 0.29) is 29.1 Å². The highest BCUT2D eigenvalue weighted by atomic mass is 19.4. The van der Waals surface area contributed by atoms with Gasteiger partial charge in [-0.15, -0.1) is 0 Å². The molecule has 4 rings (SSSR count). The summed E-state index contributed by atoms with van der Waals surface area (Å²) in [5.41, 5.74) is -0.999. The predicted molar refractivity (Wildman–Crippen MR) is 83.5 cm³/mol. The van der Waals surface area contributed by atoms with Crippen LogP contribution in [0.15, 0.2) is 6.07 Å². The lowest BCUT2D eigenvalue weighted by Crippen LogP contribution is -2.63. The van der Waals surface area contributed by atoms with Gasteiger partial charge in [-0.25, -0.2) is 4.98 Å². The van der Waals surface area contributed by atoms with E-state index >= 15 is 0 Å². The van der Waals surface area contributed by atoms with Crippen molar-refractivity contribution in [2.45, 2.75) is 38.4 Å². The molecule has 0 aromatic carbocycles. The van der Waals surface area contributed by atoms with Crippen LogP contribution in [0.1, 0.15) is 31.9 Å². The van der Waals surface area contributed by atoms with E-state index in [1.165, 1.54) is 0 Å². The van der Waals surface area contributed by atoms with E-state index in [4.69, 9.17) is 5.11 Å². The summed E-state index contributed by atoms with van der Waals surface area (Å²) >= 11 is 0. The van der Waals surface area contributed by atoms with E-state index < -0.39 is 17.8 Å². The van der Waals surface area contributed by atoms with Crippen molar-refractivity contribution in [3.63, 3.8) is 0 Å². The molecule has 1 spiro atoms. The third-order valence-corrected chi connectivity index (χ3v) is 5.65. The normalized spacial score (nSPS) is 25.4. The molecule has 0 radical (unpaired) electrons. The van der Waals surface area contributed by atoms with Gasteiger partial charge in [0.05, 0.1) is 5.92 Å². The Labute approximate surface area is 142 Å². The molecule has 1 N–H and O–H groups in total. The zero-order valence-electron chi connectivity index (χ0n) is 13.8. The van der Waals surface area contributed by atoms with Crippen molar-refractivity contribution in [2.75, 3.05) is 29.4 Å². The number of aromatic nitrogens is 2. The molecule has 25 heavy (non-hydrogen) atoms. The minimum atomic E-state index is -4.52. The molecule has 1 saturated carbocycles. The molecular weight excluding hydrogens is 337 g/mol. The second kappa shape index (κ2) is 5.22. The van der Waals surface area contributed by atoms with Gasteiger partial charge in [0.25, 0.3) is 0 Å². The zero-order valence-corrected chi connectivity index (χ0v) is 13.8. The lowest BCUT2D eigenvalue weighted by molar-refractivity contribution is -0.151. The van der Waals surface area contributed by atoms with Gasteiger partial charge < -0.3 is 14.9 Å². The molecule has 1 atom stereocenters. The smallest absolute Gasteiger partial charge is 0.433 e. The lowest BCUT2D eigenvalue weighted by atomic mass is 9.58. The average Bonchev–Trinajstić information content (AvgIpc) is 2.41. The minimum absolute atomic E-state index is 0.0728. The number of anilines is 2. The summed E-state index contributed by atoms with van der Waals surface area (Å²) in [5, 5.41) is 8.99. The Morgan fingerprint density at radius 1 is 1.32 bits per heavy atom. The van der Waals surface area contributed by atoms with Gasteiger partial charge in [-0.3, -0.25) is 4.79 Å². The second-order valence-electron chi connectivity index (χ2n) is 7.54. The highest BCUT2D eigenvalue weighted by Gasteiger charge is 2.55. The number of hydrogen-bond acceptors (Lipinski definition) is 5. The van der Waals surface area contributed by atoms with Crippen LogP contribution in [0.4, 0.5) is 24.9 Å². The van der Waals surface area contributed by atoms with Crippen LogP contribution in [-0.4, -0.2) is 46.7 Å². The molecule has 3 heterocycles. The van der Waals surface area contributed by atoms with Gasteiger partial charge in [-0.2, -0.15) is 18.2 Å². The van der Waals surface area contributed by atoms with Crippen molar-refractivity contribution >= 4 is 17.7 Å². The van der Waals surface area contributed by atoms with E-state index in [2.05, 4.69) is 9.97 Å². The zero-order chi connectivity index (χ0) is 18.0. The number of carboxylic acids is 1. The fourth-order valence-corrected chi connectivity index (χ4v) is 4.02. The lowest BCUT2D eigenvalue weighted by Gasteiger charge is -2.58. The number of carboxylic acid groups (broad SMARTS) is 1. The summed E-state index contributed by atoms with van der Waals surface area (Å²) in [4.78, 5) is 22.6. The molecule has 6 nitrogen and oxygen atoms in total. The molecule has 3 fully saturated rings. The molecule has 0 unspecified atom stereocenters. The Bertz CT molecular complexity index is 710. The van der Waals surface area contributed by atoms with Crippen molar-refractivity contribution in [1.82, 2.24) is 9.97 Å². The van der Waals surface area contributed by atoms with Crippen LogP contribution >= 0.6 is 0 Å². The maximum atomic E-state index is 13.2. The summed E-state index contributed by atoms with van der Waals surface area (Å²) in [6.07, 6.45) is -2.43. The maximum Gasteiger partial charge on any atom is 0.433 e. The van der Waals surface area contributed by atoms with Crippen LogP contribution in [0.5, 0.6) is 0 Å². The Kier molecular flexibility index (Phi) is 3.42. The third-order valence-electron chi connectivity index (χ3n) is 5.65. The van der Waals surface area contributed by atoms with Gasteiger partial charge in [0, 0.05) is 37.2 Å². The molecule has 2 aliphatic heterocycles. The van der Waals surface area contributed by atoms with E-state index in [0.717, 1.165) is 12.5 Å². The average molecular weight is 356 g/mol. The van der Waals surface area contributed by atoms with E-state index in [0.29, 0.717) is 32.5 Å². The molecule has 0 bridgehead atoms. The van der Waals surface area contributed by atoms with E-state index in [1.54, 1.807) is 9.80 Å². The summed E-state index contributed by atoms with van der Waals surface area (Å²) < 4.78 is 39.6. The largest absolute Gasteiger partial charge is 0.481 e. The van der Waals surface area contributed by atoms with Gasteiger partial charge in [0.2, 0.25) is 5.95 Å².